The van der Waals surface area contributed by atoms with Crippen molar-refractivity contribution < 1.29 is 13.2 Å². The summed E-state index contributed by atoms with van der Waals surface area (Å²) in [6.07, 6.45) is 4.36. The van der Waals surface area contributed by atoms with E-state index in [9.17, 15) is 13.2 Å². The van der Waals surface area contributed by atoms with Crippen molar-refractivity contribution in [1.82, 2.24) is 0 Å². The van der Waals surface area contributed by atoms with Gasteiger partial charge in [-0.05, 0) is 48.9 Å². The fourth-order valence-corrected chi connectivity index (χ4v) is 4.58. The number of sulfonamides is 1. The van der Waals surface area contributed by atoms with E-state index >= 15 is 0 Å². The SMILES string of the molecule is NS(=O)(=O)Cc1ccc(NC(=O)c2csc3c2CCCC3)cc1. The van der Waals surface area contributed by atoms with Crippen LogP contribution in [0.1, 0.15) is 39.2 Å². The van der Waals surface area contributed by atoms with Gasteiger partial charge in [-0.25, -0.2) is 13.6 Å². The van der Waals surface area contributed by atoms with Crippen molar-refractivity contribution in [1.29, 1.82) is 0 Å². The summed E-state index contributed by atoms with van der Waals surface area (Å²) < 4.78 is 22.1. The van der Waals surface area contributed by atoms with Crippen LogP contribution in [0.4, 0.5) is 5.69 Å². The molecule has 5 nitrogen and oxygen atoms in total. The minimum absolute atomic E-state index is 0.108. The smallest absolute Gasteiger partial charge is 0.256 e. The molecule has 0 saturated heterocycles. The highest BCUT2D eigenvalue weighted by atomic mass is 32.2. The maximum absolute atomic E-state index is 12.4. The van der Waals surface area contributed by atoms with Gasteiger partial charge in [0, 0.05) is 15.9 Å². The molecule has 1 heterocycles. The number of thiophene rings is 1. The number of carbonyl (C=O) groups is 1. The number of anilines is 1. The molecule has 0 aliphatic heterocycles. The van der Waals surface area contributed by atoms with Gasteiger partial charge < -0.3 is 5.32 Å². The van der Waals surface area contributed by atoms with E-state index in [1.54, 1.807) is 35.6 Å². The first-order valence-electron chi connectivity index (χ1n) is 7.42. The number of nitrogens with one attached hydrogen (secondary N) is 1. The first kappa shape index (κ1) is 16.2. The molecule has 0 bridgehead atoms. The topological polar surface area (TPSA) is 89.3 Å². The number of benzene rings is 1. The van der Waals surface area contributed by atoms with Crippen LogP contribution in [0.15, 0.2) is 29.6 Å². The van der Waals surface area contributed by atoms with Crippen molar-refractivity contribution in [2.24, 2.45) is 5.14 Å². The Kier molecular flexibility index (Phi) is 4.52. The minimum Gasteiger partial charge on any atom is -0.322 e. The minimum atomic E-state index is -3.54. The lowest BCUT2D eigenvalue weighted by Gasteiger charge is -2.13. The highest BCUT2D eigenvalue weighted by molar-refractivity contribution is 7.88. The van der Waals surface area contributed by atoms with Gasteiger partial charge in [-0.2, -0.15) is 0 Å². The third-order valence-corrected chi connectivity index (χ3v) is 5.71. The fourth-order valence-electron chi connectivity index (χ4n) is 2.80. The molecule has 0 unspecified atom stereocenters. The first-order chi connectivity index (χ1) is 10.9. The van der Waals surface area contributed by atoms with Crippen LogP contribution < -0.4 is 10.5 Å². The summed E-state index contributed by atoms with van der Waals surface area (Å²) in [5.74, 6) is -0.317. The Balaban J connectivity index is 1.72. The average Bonchev–Trinajstić information content (AvgIpc) is 2.92. The molecule has 122 valence electrons. The van der Waals surface area contributed by atoms with E-state index in [2.05, 4.69) is 5.32 Å². The summed E-state index contributed by atoms with van der Waals surface area (Å²) >= 11 is 1.66. The van der Waals surface area contributed by atoms with Crippen molar-refractivity contribution in [3.05, 3.63) is 51.2 Å². The number of amides is 1. The molecule has 0 fully saturated rings. The Morgan fingerprint density at radius 2 is 1.87 bits per heavy atom. The number of nitrogens with two attached hydrogens (primary N) is 1. The maximum Gasteiger partial charge on any atom is 0.256 e. The average molecular weight is 350 g/mol. The molecular formula is C16H18N2O3S2. The van der Waals surface area contributed by atoms with Crippen molar-refractivity contribution in [2.75, 3.05) is 5.32 Å². The van der Waals surface area contributed by atoms with Crippen LogP contribution in [0.2, 0.25) is 0 Å². The molecular weight excluding hydrogens is 332 g/mol. The maximum atomic E-state index is 12.4. The molecule has 2 aromatic rings. The molecule has 1 amide bonds. The molecule has 1 aromatic carbocycles. The van der Waals surface area contributed by atoms with E-state index in [1.807, 2.05) is 5.38 Å². The third kappa shape index (κ3) is 3.99. The summed E-state index contributed by atoms with van der Waals surface area (Å²) in [7, 11) is -3.54. The van der Waals surface area contributed by atoms with Gasteiger partial charge in [-0.15, -0.1) is 11.3 Å². The van der Waals surface area contributed by atoms with Gasteiger partial charge in [0.15, 0.2) is 0 Å². The van der Waals surface area contributed by atoms with Crippen LogP contribution in [0.3, 0.4) is 0 Å². The Labute approximate surface area is 139 Å². The van der Waals surface area contributed by atoms with Gasteiger partial charge in [0.2, 0.25) is 10.0 Å². The number of carbonyl (C=O) groups excluding carboxylic acids is 1. The predicted molar refractivity (Wildman–Crippen MR) is 92.2 cm³/mol. The summed E-state index contributed by atoms with van der Waals surface area (Å²) in [6, 6.07) is 6.70. The summed E-state index contributed by atoms with van der Waals surface area (Å²) in [5, 5.41) is 9.82. The third-order valence-electron chi connectivity index (χ3n) is 3.89. The zero-order chi connectivity index (χ0) is 16.4. The monoisotopic (exact) mass is 350 g/mol. The summed E-state index contributed by atoms with van der Waals surface area (Å²) in [6.45, 7) is 0. The molecule has 1 aromatic heterocycles. The number of hydrogen-bond donors (Lipinski definition) is 2. The number of hydrogen-bond acceptors (Lipinski definition) is 4. The lowest BCUT2D eigenvalue weighted by Crippen LogP contribution is -2.15. The lowest BCUT2D eigenvalue weighted by molar-refractivity contribution is 0.102. The van der Waals surface area contributed by atoms with Gasteiger partial charge in [-0.1, -0.05) is 12.1 Å². The molecule has 0 atom stereocenters. The van der Waals surface area contributed by atoms with Crippen molar-refractivity contribution in [3.63, 3.8) is 0 Å². The molecule has 1 aliphatic carbocycles. The van der Waals surface area contributed by atoms with E-state index < -0.39 is 10.0 Å². The predicted octanol–water partition coefficient (Wildman–Crippen LogP) is 2.67. The highest BCUT2D eigenvalue weighted by Crippen LogP contribution is 2.30. The second kappa shape index (κ2) is 6.43. The normalized spacial score (nSPS) is 14.3. The number of fused-ring (bicyclic) bond motifs is 1. The number of aryl methyl sites for hydroxylation is 1. The molecule has 3 N–H and O–H groups in total. The second-order valence-corrected chi connectivity index (χ2v) is 8.30. The number of rotatable bonds is 4. The van der Waals surface area contributed by atoms with Crippen LogP contribution in [-0.2, 0) is 28.6 Å². The number of primary sulfonamides is 1. The Morgan fingerprint density at radius 3 is 2.57 bits per heavy atom. The molecule has 0 radical (unpaired) electrons. The first-order valence-corrected chi connectivity index (χ1v) is 10.0. The van der Waals surface area contributed by atoms with Crippen LogP contribution in [0, 0.1) is 0 Å². The molecule has 0 saturated carbocycles. The van der Waals surface area contributed by atoms with Gasteiger partial charge >= 0.3 is 0 Å². The molecule has 23 heavy (non-hydrogen) atoms. The zero-order valence-electron chi connectivity index (χ0n) is 12.5. The van der Waals surface area contributed by atoms with Crippen LogP contribution >= 0.6 is 11.3 Å². The second-order valence-electron chi connectivity index (χ2n) is 5.72. The molecule has 1 aliphatic rings. The molecule has 3 rings (SSSR count). The van der Waals surface area contributed by atoms with Gasteiger partial charge in [0.1, 0.15) is 0 Å². The van der Waals surface area contributed by atoms with Crippen LogP contribution in [0.5, 0.6) is 0 Å². The Bertz CT molecular complexity index is 824. The molecule has 0 spiro atoms. The van der Waals surface area contributed by atoms with Crippen molar-refractivity contribution >= 4 is 33.0 Å². The highest BCUT2D eigenvalue weighted by Gasteiger charge is 2.20. The fraction of sp³-hybridized carbons (Fsp3) is 0.312. The Morgan fingerprint density at radius 1 is 1.17 bits per heavy atom. The van der Waals surface area contributed by atoms with Gasteiger partial charge in [-0.3, -0.25) is 4.79 Å². The summed E-state index contributed by atoms with van der Waals surface area (Å²) in [5.41, 5.74) is 3.19. The zero-order valence-corrected chi connectivity index (χ0v) is 14.2. The van der Waals surface area contributed by atoms with Crippen molar-refractivity contribution in [3.8, 4) is 0 Å². The van der Waals surface area contributed by atoms with Gasteiger partial charge in [0.25, 0.3) is 5.91 Å². The lowest BCUT2D eigenvalue weighted by atomic mass is 9.95. The van der Waals surface area contributed by atoms with E-state index in [4.69, 9.17) is 5.14 Å². The quantitative estimate of drug-likeness (QED) is 0.888. The van der Waals surface area contributed by atoms with Crippen LogP contribution in [0.25, 0.3) is 0 Å². The standard InChI is InChI=1S/C16H18N2O3S2/c17-23(20,21)10-11-5-7-12(8-6-11)18-16(19)14-9-22-15-4-2-1-3-13(14)15/h5-9H,1-4,10H2,(H,18,19)(H2,17,20,21). The van der Waals surface area contributed by atoms with Crippen LogP contribution in [-0.4, -0.2) is 14.3 Å². The van der Waals surface area contributed by atoms with E-state index in [-0.39, 0.29) is 11.7 Å². The molecule has 7 heteroatoms. The summed E-state index contributed by atoms with van der Waals surface area (Å²) in [4.78, 5) is 13.8. The largest absolute Gasteiger partial charge is 0.322 e. The van der Waals surface area contributed by atoms with E-state index in [0.717, 1.165) is 24.8 Å². The van der Waals surface area contributed by atoms with Gasteiger partial charge in [0.05, 0.1) is 11.3 Å². The van der Waals surface area contributed by atoms with Crippen molar-refractivity contribution in [2.45, 2.75) is 31.4 Å². The van der Waals surface area contributed by atoms with E-state index in [0.29, 0.717) is 11.3 Å². The Hall–Kier alpha value is -1.70. The van der Waals surface area contributed by atoms with E-state index in [1.165, 1.54) is 16.9 Å².